The maximum atomic E-state index is 12.5. The number of thioether (sulfide) groups is 1. The van der Waals surface area contributed by atoms with Crippen LogP contribution in [0.4, 0.5) is 0 Å². The van der Waals surface area contributed by atoms with Gasteiger partial charge < -0.3 is 14.4 Å². The van der Waals surface area contributed by atoms with Gasteiger partial charge in [-0.05, 0) is 30.4 Å². The third-order valence-corrected chi connectivity index (χ3v) is 6.24. The van der Waals surface area contributed by atoms with E-state index < -0.39 is 0 Å². The average molecular weight is 359 g/mol. The lowest BCUT2D eigenvalue weighted by Gasteiger charge is -2.42. The average Bonchev–Trinajstić information content (AvgIpc) is 3.16. The Morgan fingerprint density at radius 1 is 1.36 bits per heavy atom. The number of amides is 1. The Kier molecular flexibility index (Phi) is 4.29. The van der Waals surface area contributed by atoms with Crippen LogP contribution in [0.2, 0.25) is 0 Å². The number of likely N-dealkylation sites (tertiary alicyclic amines) is 1. The second kappa shape index (κ2) is 6.46. The van der Waals surface area contributed by atoms with E-state index in [-0.39, 0.29) is 17.4 Å². The standard InChI is InChI=1S/C18H21N3O3S/c1-12-19-20-17(24-12)25-11-16(23)21-8-6-18(7-9-21)14-5-3-2-4-13(14)10-15(18)22/h2-5,15,22H,6-11H2,1H3/t15-/m0/s1. The van der Waals surface area contributed by atoms with Gasteiger partial charge in [-0.25, -0.2) is 0 Å². The van der Waals surface area contributed by atoms with Crippen LogP contribution in [-0.4, -0.2) is 51.1 Å². The number of rotatable bonds is 3. The van der Waals surface area contributed by atoms with Gasteiger partial charge in [-0.3, -0.25) is 4.79 Å². The number of hydrogen-bond acceptors (Lipinski definition) is 6. The molecular weight excluding hydrogens is 338 g/mol. The van der Waals surface area contributed by atoms with Gasteiger partial charge >= 0.3 is 0 Å². The first kappa shape index (κ1) is 16.6. The van der Waals surface area contributed by atoms with Crippen LogP contribution in [-0.2, 0) is 16.6 Å². The van der Waals surface area contributed by atoms with Crippen LogP contribution in [0.15, 0.2) is 33.9 Å². The quantitative estimate of drug-likeness (QED) is 0.844. The van der Waals surface area contributed by atoms with Crippen molar-refractivity contribution in [3.05, 3.63) is 41.3 Å². The lowest BCUT2D eigenvalue weighted by atomic mass is 9.72. The van der Waals surface area contributed by atoms with E-state index in [2.05, 4.69) is 22.3 Å². The van der Waals surface area contributed by atoms with Crippen LogP contribution in [0.3, 0.4) is 0 Å². The molecule has 1 aromatic heterocycles. The van der Waals surface area contributed by atoms with E-state index >= 15 is 0 Å². The predicted octanol–water partition coefficient (Wildman–Crippen LogP) is 1.95. The highest BCUT2D eigenvalue weighted by molar-refractivity contribution is 7.99. The molecule has 1 aromatic carbocycles. The first-order valence-corrected chi connectivity index (χ1v) is 9.54. The number of aliphatic hydroxyl groups excluding tert-OH is 1. The minimum Gasteiger partial charge on any atom is -0.416 e. The van der Waals surface area contributed by atoms with E-state index in [4.69, 9.17) is 4.42 Å². The van der Waals surface area contributed by atoms with Crippen LogP contribution >= 0.6 is 11.8 Å². The summed E-state index contributed by atoms with van der Waals surface area (Å²) in [5, 5.41) is 18.8. The molecule has 1 amide bonds. The van der Waals surface area contributed by atoms with Crippen molar-refractivity contribution < 1.29 is 14.3 Å². The van der Waals surface area contributed by atoms with Gasteiger partial charge in [0, 0.05) is 25.4 Å². The molecule has 1 saturated heterocycles. The van der Waals surface area contributed by atoms with Gasteiger partial charge in [0.05, 0.1) is 11.9 Å². The number of hydrogen-bond donors (Lipinski definition) is 1. The number of aliphatic hydroxyl groups is 1. The molecule has 4 rings (SSSR count). The summed E-state index contributed by atoms with van der Waals surface area (Å²) in [6.45, 7) is 3.08. The molecule has 0 radical (unpaired) electrons. The van der Waals surface area contributed by atoms with Crippen molar-refractivity contribution in [2.75, 3.05) is 18.8 Å². The maximum absolute atomic E-state index is 12.5. The molecule has 25 heavy (non-hydrogen) atoms. The first-order chi connectivity index (χ1) is 12.1. The SMILES string of the molecule is Cc1nnc(SCC(=O)N2CCC3(CC2)c2ccccc2C[C@@H]3O)o1. The summed E-state index contributed by atoms with van der Waals surface area (Å²) in [5.41, 5.74) is 2.33. The minimum absolute atomic E-state index is 0.0801. The molecular formula is C18H21N3O3S. The van der Waals surface area contributed by atoms with Crippen LogP contribution in [0.1, 0.15) is 29.9 Å². The number of benzene rings is 1. The summed E-state index contributed by atoms with van der Waals surface area (Å²) >= 11 is 1.28. The van der Waals surface area contributed by atoms with Crippen molar-refractivity contribution in [1.29, 1.82) is 0 Å². The van der Waals surface area contributed by atoms with Crippen LogP contribution in [0.25, 0.3) is 0 Å². The normalized spacial score (nSPS) is 21.5. The van der Waals surface area contributed by atoms with E-state index in [1.165, 1.54) is 22.9 Å². The molecule has 0 unspecified atom stereocenters. The zero-order chi connectivity index (χ0) is 17.4. The fourth-order valence-corrected chi connectivity index (χ4v) is 4.78. The van der Waals surface area contributed by atoms with E-state index in [1.807, 2.05) is 17.0 Å². The van der Waals surface area contributed by atoms with Crippen molar-refractivity contribution in [2.24, 2.45) is 0 Å². The molecule has 6 nitrogen and oxygen atoms in total. The number of fused-ring (bicyclic) bond motifs is 2. The summed E-state index contributed by atoms with van der Waals surface area (Å²) in [4.78, 5) is 14.3. The third-order valence-electron chi connectivity index (χ3n) is 5.44. The zero-order valence-electron chi connectivity index (χ0n) is 14.1. The fourth-order valence-electron chi connectivity index (χ4n) is 4.08. The van der Waals surface area contributed by atoms with Gasteiger partial charge in [0.2, 0.25) is 11.8 Å². The molecule has 2 heterocycles. The molecule has 2 aromatic rings. The van der Waals surface area contributed by atoms with E-state index in [9.17, 15) is 9.90 Å². The summed E-state index contributed by atoms with van der Waals surface area (Å²) in [6.07, 6.45) is 1.98. The smallest absolute Gasteiger partial charge is 0.277 e. The second-order valence-corrected chi connectivity index (χ2v) is 7.72. The van der Waals surface area contributed by atoms with Crippen LogP contribution in [0, 0.1) is 6.92 Å². The molecule has 1 spiro atoms. The molecule has 1 aliphatic heterocycles. The molecule has 7 heteroatoms. The van der Waals surface area contributed by atoms with Gasteiger partial charge in [0.1, 0.15) is 0 Å². The largest absolute Gasteiger partial charge is 0.416 e. The zero-order valence-corrected chi connectivity index (χ0v) is 15.0. The number of carbonyl (C=O) groups is 1. The van der Waals surface area contributed by atoms with Crippen molar-refractivity contribution in [1.82, 2.24) is 15.1 Å². The monoisotopic (exact) mass is 359 g/mol. The number of aromatic nitrogens is 2. The summed E-state index contributed by atoms with van der Waals surface area (Å²) in [5.74, 6) is 0.883. The Balaban J connectivity index is 1.39. The van der Waals surface area contributed by atoms with Gasteiger partial charge in [-0.15, -0.1) is 10.2 Å². The Bertz CT molecular complexity index is 783. The summed E-state index contributed by atoms with van der Waals surface area (Å²) in [7, 11) is 0. The Morgan fingerprint density at radius 2 is 2.12 bits per heavy atom. The van der Waals surface area contributed by atoms with Gasteiger partial charge in [0.25, 0.3) is 5.22 Å². The predicted molar refractivity (Wildman–Crippen MR) is 93.4 cm³/mol. The molecule has 2 aliphatic rings. The van der Waals surface area contributed by atoms with Gasteiger partial charge in [0.15, 0.2) is 0 Å². The lowest BCUT2D eigenvalue weighted by molar-refractivity contribution is -0.130. The lowest BCUT2D eigenvalue weighted by Crippen LogP contribution is -2.49. The van der Waals surface area contributed by atoms with E-state index in [1.54, 1.807) is 6.92 Å². The summed E-state index contributed by atoms with van der Waals surface area (Å²) in [6, 6.07) is 8.31. The van der Waals surface area contributed by atoms with E-state index in [0.29, 0.717) is 30.0 Å². The molecule has 0 saturated carbocycles. The van der Waals surface area contributed by atoms with Crippen LogP contribution in [0.5, 0.6) is 0 Å². The topological polar surface area (TPSA) is 79.5 Å². The highest BCUT2D eigenvalue weighted by atomic mass is 32.2. The number of aryl methyl sites for hydroxylation is 1. The van der Waals surface area contributed by atoms with Crippen molar-refractivity contribution in [2.45, 2.75) is 42.9 Å². The first-order valence-electron chi connectivity index (χ1n) is 8.56. The van der Waals surface area contributed by atoms with Crippen molar-refractivity contribution in [3.63, 3.8) is 0 Å². The number of nitrogens with zero attached hydrogens (tertiary/aromatic N) is 3. The second-order valence-electron chi connectivity index (χ2n) is 6.79. The molecule has 1 N–H and O–H groups in total. The Labute approximate surface area is 150 Å². The molecule has 0 bridgehead atoms. The Morgan fingerprint density at radius 3 is 2.84 bits per heavy atom. The summed E-state index contributed by atoms with van der Waals surface area (Å²) < 4.78 is 5.29. The van der Waals surface area contributed by atoms with Crippen molar-refractivity contribution in [3.8, 4) is 0 Å². The minimum atomic E-state index is -0.349. The van der Waals surface area contributed by atoms with Gasteiger partial charge in [-0.2, -0.15) is 0 Å². The highest BCUT2D eigenvalue weighted by Gasteiger charge is 2.47. The molecule has 1 fully saturated rings. The molecule has 132 valence electrons. The third kappa shape index (κ3) is 2.95. The Hall–Kier alpha value is -1.86. The van der Waals surface area contributed by atoms with Gasteiger partial charge in [-0.1, -0.05) is 36.0 Å². The number of piperidine rings is 1. The molecule has 1 atom stereocenters. The van der Waals surface area contributed by atoms with Crippen LogP contribution < -0.4 is 0 Å². The highest BCUT2D eigenvalue weighted by Crippen LogP contribution is 2.46. The van der Waals surface area contributed by atoms with E-state index in [0.717, 1.165) is 19.3 Å². The number of carbonyl (C=O) groups excluding carboxylic acids is 1. The molecule has 1 aliphatic carbocycles. The maximum Gasteiger partial charge on any atom is 0.277 e. The fraction of sp³-hybridized carbons (Fsp3) is 0.500. The van der Waals surface area contributed by atoms with Crippen molar-refractivity contribution >= 4 is 17.7 Å².